The summed E-state index contributed by atoms with van der Waals surface area (Å²) in [5.41, 5.74) is 2.50. The lowest BCUT2D eigenvalue weighted by molar-refractivity contribution is 0.642. The van der Waals surface area contributed by atoms with Crippen molar-refractivity contribution in [3.05, 3.63) is 46.5 Å². The van der Waals surface area contributed by atoms with Crippen molar-refractivity contribution in [1.82, 2.24) is 24.4 Å². The normalized spacial score (nSPS) is 11.4. The van der Waals surface area contributed by atoms with Gasteiger partial charge in [-0.1, -0.05) is 12.1 Å². The van der Waals surface area contributed by atoms with Gasteiger partial charge in [-0.05, 0) is 24.6 Å². The van der Waals surface area contributed by atoms with E-state index >= 15 is 0 Å². The number of aromatic amines is 1. The number of aliphatic imine (C=N–C) groups is 1. The summed E-state index contributed by atoms with van der Waals surface area (Å²) in [6, 6.07) is 7.84. The second-order valence-corrected chi connectivity index (χ2v) is 5.22. The van der Waals surface area contributed by atoms with Gasteiger partial charge in [-0.3, -0.25) is 14.3 Å². The van der Waals surface area contributed by atoms with Crippen LogP contribution in [0, 0.1) is 6.92 Å². The molecule has 0 saturated heterocycles. The molecule has 2 aromatic heterocycles. The van der Waals surface area contributed by atoms with Gasteiger partial charge in [0.15, 0.2) is 11.2 Å². The van der Waals surface area contributed by atoms with Crippen molar-refractivity contribution in [2.24, 2.45) is 4.99 Å². The lowest BCUT2D eigenvalue weighted by Crippen LogP contribution is -2.12. The average molecular weight is 296 g/mol. The molecule has 2 heterocycles. The van der Waals surface area contributed by atoms with Crippen LogP contribution in [0.25, 0.3) is 16.9 Å². The van der Waals surface area contributed by atoms with Crippen LogP contribution in [0.4, 0.5) is 5.95 Å². The van der Waals surface area contributed by atoms with Gasteiger partial charge in [-0.2, -0.15) is 4.98 Å². The molecule has 0 aliphatic heterocycles. The highest BCUT2D eigenvalue weighted by Crippen LogP contribution is 2.16. The Morgan fingerprint density at radius 3 is 2.91 bits per heavy atom. The Morgan fingerprint density at radius 2 is 2.18 bits per heavy atom. The maximum atomic E-state index is 12.3. The number of fused-ring (bicyclic) bond motifs is 1. The minimum atomic E-state index is -0.269. The van der Waals surface area contributed by atoms with E-state index in [1.54, 1.807) is 22.1 Å². The van der Waals surface area contributed by atoms with E-state index in [0.29, 0.717) is 11.2 Å². The van der Waals surface area contributed by atoms with Crippen LogP contribution in [0.5, 0.6) is 0 Å². The highest BCUT2D eigenvalue weighted by molar-refractivity contribution is 5.73. The van der Waals surface area contributed by atoms with Gasteiger partial charge in [0.05, 0.1) is 6.34 Å². The molecule has 0 atom stereocenters. The molecule has 22 heavy (non-hydrogen) atoms. The third kappa shape index (κ3) is 2.60. The second kappa shape index (κ2) is 5.44. The van der Waals surface area contributed by atoms with E-state index in [9.17, 15) is 4.79 Å². The molecule has 0 spiro atoms. The van der Waals surface area contributed by atoms with Crippen LogP contribution in [-0.4, -0.2) is 44.9 Å². The van der Waals surface area contributed by atoms with Crippen LogP contribution < -0.4 is 5.56 Å². The summed E-state index contributed by atoms with van der Waals surface area (Å²) in [7, 11) is 3.68. The summed E-state index contributed by atoms with van der Waals surface area (Å²) in [6.45, 7) is 2.00. The Hall–Kier alpha value is -2.96. The van der Waals surface area contributed by atoms with Crippen LogP contribution in [0.3, 0.4) is 0 Å². The number of imidazole rings is 1. The monoisotopic (exact) mass is 296 g/mol. The second-order valence-electron chi connectivity index (χ2n) is 5.22. The largest absolute Gasteiger partial charge is 0.369 e. The fourth-order valence-electron chi connectivity index (χ4n) is 2.13. The molecule has 1 aromatic carbocycles. The van der Waals surface area contributed by atoms with Gasteiger partial charge in [0.25, 0.3) is 5.56 Å². The summed E-state index contributed by atoms with van der Waals surface area (Å²) >= 11 is 0. The third-order valence-corrected chi connectivity index (χ3v) is 3.09. The maximum absolute atomic E-state index is 12.3. The van der Waals surface area contributed by atoms with Crippen LogP contribution in [-0.2, 0) is 0 Å². The molecule has 0 radical (unpaired) electrons. The van der Waals surface area contributed by atoms with E-state index in [-0.39, 0.29) is 11.5 Å². The molecule has 7 nitrogen and oxygen atoms in total. The number of nitrogens with zero attached hydrogens (tertiary/aromatic N) is 5. The number of aryl methyl sites for hydroxylation is 1. The number of hydrogen-bond acceptors (Lipinski definition) is 4. The molecule has 0 aliphatic carbocycles. The van der Waals surface area contributed by atoms with E-state index < -0.39 is 0 Å². The highest BCUT2D eigenvalue weighted by Gasteiger charge is 2.11. The van der Waals surface area contributed by atoms with Crippen molar-refractivity contribution in [2.75, 3.05) is 14.1 Å². The number of hydrogen-bond donors (Lipinski definition) is 1. The Kier molecular flexibility index (Phi) is 3.46. The van der Waals surface area contributed by atoms with Crippen molar-refractivity contribution < 1.29 is 0 Å². The first-order valence-corrected chi connectivity index (χ1v) is 6.79. The molecule has 3 aromatic rings. The van der Waals surface area contributed by atoms with Crippen molar-refractivity contribution in [3.8, 4) is 5.69 Å². The van der Waals surface area contributed by atoms with Gasteiger partial charge in [-0.25, -0.2) is 9.98 Å². The van der Waals surface area contributed by atoms with Crippen LogP contribution in [0.15, 0.2) is 40.4 Å². The zero-order valence-electron chi connectivity index (χ0n) is 12.6. The fraction of sp³-hybridized carbons (Fsp3) is 0.200. The number of H-pyrrole nitrogens is 1. The standard InChI is InChI=1S/C15H16N6O/c1-10-5-4-6-11(7-10)21-9-16-13-12(21)14(22)19-15(18-13)17-8-20(2)3/h4-9H,1-3H3,(H,18,19,22)/b17-8+. The molecule has 7 heteroatoms. The molecule has 0 bridgehead atoms. The predicted molar refractivity (Wildman–Crippen MR) is 86.1 cm³/mol. The van der Waals surface area contributed by atoms with Crippen molar-refractivity contribution in [1.29, 1.82) is 0 Å². The van der Waals surface area contributed by atoms with E-state index in [1.165, 1.54) is 0 Å². The lowest BCUT2D eigenvalue weighted by atomic mass is 10.2. The molecule has 3 rings (SSSR count). The van der Waals surface area contributed by atoms with Crippen molar-refractivity contribution in [3.63, 3.8) is 0 Å². The summed E-state index contributed by atoms with van der Waals surface area (Å²) in [5.74, 6) is 0.237. The SMILES string of the molecule is Cc1cccc(-n2cnc3nc(/N=C/N(C)C)[nH]c(=O)c32)c1. The Labute approximate surface area is 127 Å². The quantitative estimate of drug-likeness (QED) is 0.588. The summed E-state index contributed by atoms with van der Waals surface area (Å²) in [5, 5.41) is 0. The van der Waals surface area contributed by atoms with Crippen LogP contribution >= 0.6 is 0 Å². The predicted octanol–water partition coefficient (Wildman–Crippen LogP) is 1.64. The summed E-state index contributed by atoms with van der Waals surface area (Å²) in [6.07, 6.45) is 3.17. The van der Waals surface area contributed by atoms with Gasteiger partial charge >= 0.3 is 0 Å². The molecule has 0 unspecified atom stereocenters. The first kappa shape index (κ1) is 14.0. The molecule has 0 aliphatic rings. The van der Waals surface area contributed by atoms with Gasteiger partial charge in [0.1, 0.15) is 6.33 Å². The van der Waals surface area contributed by atoms with E-state index in [1.807, 2.05) is 45.3 Å². The van der Waals surface area contributed by atoms with Crippen LogP contribution in [0.2, 0.25) is 0 Å². The molecular formula is C15H16N6O. The molecule has 1 N–H and O–H groups in total. The first-order chi connectivity index (χ1) is 10.5. The Balaban J connectivity index is 2.14. The summed E-state index contributed by atoms with van der Waals surface area (Å²) < 4.78 is 1.73. The summed E-state index contributed by atoms with van der Waals surface area (Å²) in [4.78, 5) is 29.3. The average Bonchev–Trinajstić information content (AvgIpc) is 2.89. The molecular weight excluding hydrogens is 280 g/mol. The van der Waals surface area contributed by atoms with E-state index in [0.717, 1.165) is 11.3 Å². The van der Waals surface area contributed by atoms with E-state index in [2.05, 4.69) is 19.9 Å². The Morgan fingerprint density at radius 1 is 1.36 bits per heavy atom. The molecule has 0 amide bonds. The highest BCUT2D eigenvalue weighted by atomic mass is 16.1. The molecule has 112 valence electrons. The number of benzene rings is 1. The molecule has 0 saturated carbocycles. The van der Waals surface area contributed by atoms with Crippen molar-refractivity contribution in [2.45, 2.75) is 6.92 Å². The zero-order chi connectivity index (χ0) is 15.7. The van der Waals surface area contributed by atoms with Gasteiger partial charge in [0.2, 0.25) is 5.95 Å². The minimum Gasteiger partial charge on any atom is -0.369 e. The molecule has 0 fully saturated rings. The topological polar surface area (TPSA) is 79.2 Å². The van der Waals surface area contributed by atoms with Gasteiger partial charge < -0.3 is 4.90 Å². The van der Waals surface area contributed by atoms with Gasteiger partial charge in [-0.15, -0.1) is 0 Å². The Bertz CT molecular complexity index is 906. The van der Waals surface area contributed by atoms with Gasteiger partial charge in [0, 0.05) is 19.8 Å². The van der Waals surface area contributed by atoms with E-state index in [4.69, 9.17) is 0 Å². The number of aromatic nitrogens is 4. The minimum absolute atomic E-state index is 0.237. The van der Waals surface area contributed by atoms with Crippen LogP contribution in [0.1, 0.15) is 5.56 Å². The maximum Gasteiger partial charge on any atom is 0.279 e. The van der Waals surface area contributed by atoms with Crippen molar-refractivity contribution >= 4 is 23.5 Å². The number of rotatable bonds is 3. The lowest BCUT2D eigenvalue weighted by Gasteiger charge is -2.04. The number of nitrogens with one attached hydrogen (secondary N) is 1. The third-order valence-electron chi connectivity index (χ3n) is 3.09. The smallest absolute Gasteiger partial charge is 0.279 e. The first-order valence-electron chi connectivity index (χ1n) is 6.79. The fourth-order valence-corrected chi connectivity index (χ4v) is 2.13. The zero-order valence-corrected chi connectivity index (χ0v) is 12.6.